The van der Waals surface area contributed by atoms with Gasteiger partial charge in [0, 0.05) is 19.8 Å². The summed E-state index contributed by atoms with van der Waals surface area (Å²) in [4.78, 5) is 0. The van der Waals surface area contributed by atoms with Crippen LogP contribution in [0.1, 0.15) is 151 Å². The zero-order chi connectivity index (χ0) is 24.0. The molecule has 0 aliphatic carbocycles. The molecule has 1 saturated heterocycles. The van der Waals surface area contributed by atoms with Gasteiger partial charge in [0.25, 0.3) is 0 Å². The second-order valence-corrected chi connectivity index (χ2v) is 13.0. The molecule has 1 unspecified atom stereocenters. The monoisotopic (exact) mass is 472 g/mol. The van der Waals surface area contributed by atoms with E-state index in [-0.39, 0.29) is 5.22 Å². The molecule has 0 spiro atoms. The van der Waals surface area contributed by atoms with Crippen LogP contribution >= 0.6 is 0 Å². The largest absolute Gasteiger partial charge is 0.393 e. The summed E-state index contributed by atoms with van der Waals surface area (Å²) in [5, 5.41) is -0.119. The van der Waals surface area contributed by atoms with Gasteiger partial charge in [-0.15, -0.1) is 0 Å². The van der Waals surface area contributed by atoms with Crippen molar-refractivity contribution in [2.45, 2.75) is 162 Å². The minimum atomic E-state index is -2.21. The van der Waals surface area contributed by atoms with E-state index in [4.69, 9.17) is 13.6 Å². The molecule has 1 rings (SSSR count). The van der Waals surface area contributed by atoms with Crippen LogP contribution in [0.4, 0.5) is 0 Å². The molecule has 0 bridgehead atoms. The lowest BCUT2D eigenvalue weighted by Gasteiger charge is -2.49. The van der Waals surface area contributed by atoms with Crippen molar-refractivity contribution in [3.8, 4) is 0 Å². The summed E-state index contributed by atoms with van der Waals surface area (Å²) in [6.07, 6.45) is 23.5. The standard InChI is InChI=1S/C15H32.C13H28O3Si/c1-3-5-7-9-11-13-15-14-12-10-8-6-4-2;1-5-13(14-6-2)11-9-10-12-17(13,15-7-3)16-8-4/h3-15H2,1-2H3;5-12H2,1-4H3. The molecule has 0 amide bonds. The molecule has 0 N–H and O–H groups in total. The predicted octanol–water partition coefficient (Wildman–Crippen LogP) is 9.51. The van der Waals surface area contributed by atoms with E-state index in [9.17, 15) is 0 Å². The first-order chi connectivity index (χ1) is 15.6. The highest BCUT2D eigenvalue weighted by Gasteiger charge is 2.58. The van der Waals surface area contributed by atoms with Crippen LogP contribution in [0, 0.1) is 0 Å². The van der Waals surface area contributed by atoms with E-state index in [1.807, 2.05) is 0 Å². The molecular weight excluding hydrogens is 412 g/mol. The molecule has 4 heteroatoms. The van der Waals surface area contributed by atoms with Gasteiger partial charge in [0.05, 0.1) is 0 Å². The lowest BCUT2D eigenvalue weighted by molar-refractivity contribution is -0.0426. The fourth-order valence-corrected chi connectivity index (χ4v) is 9.66. The summed E-state index contributed by atoms with van der Waals surface area (Å²) in [6, 6.07) is 1.09. The average molecular weight is 473 g/mol. The number of ether oxygens (including phenoxy) is 1. The molecular formula is C28H60O3Si. The Morgan fingerprint density at radius 3 is 1.34 bits per heavy atom. The van der Waals surface area contributed by atoms with Gasteiger partial charge in [-0.25, -0.2) is 0 Å². The van der Waals surface area contributed by atoms with Crippen LogP contribution in [-0.2, 0) is 13.6 Å². The molecule has 0 saturated carbocycles. The van der Waals surface area contributed by atoms with E-state index in [2.05, 4.69) is 41.5 Å². The molecule has 0 aromatic rings. The van der Waals surface area contributed by atoms with E-state index in [1.54, 1.807) is 0 Å². The van der Waals surface area contributed by atoms with Crippen molar-refractivity contribution >= 4 is 8.56 Å². The van der Waals surface area contributed by atoms with Crippen LogP contribution in [0.25, 0.3) is 0 Å². The Morgan fingerprint density at radius 1 is 0.562 bits per heavy atom. The number of unbranched alkanes of at least 4 members (excludes halogenated alkanes) is 12. The Kier molecular flexibility index (Phi) is 21.7. The summed E-state index contributed by atoms with van der Waals surface area (Å²) in [5.74, 6) is 0. The molecule has 1 atom stereocenters. The molecule has 1 fully saturated rings. The fraction of sp³-hybridized carbons (Fsp3) is 1.00. The Balaban J connectivity index is 0.000000607. The van der Waals surface area contributed by atoms with E-state index < -0.39 is 8.56 Å². The first-order valence-corrected chi connectivity index (χ1v) is 16.6. The lowest BCUT2D eigenvalue weighted by Crippen LogP contribution is -2.65. The zero-order valence-corrected chi connectivity index (χ0v) is 24.1. The molecule has 32 heavy (non-hydrogen) atoms. The van der Waals surface area contributed by atoms with E-state index in [0.29, 0.717) is 0 Å². The highest BCUT2D eigenvalue weighted by atomic mass is 28.4. The molecule has 0 aromatic heterocycles. The first-order valence-electron chi connectivity index (χ1n) is 14.5. The summed E-state index contributed by atoms with van der Waals surface area (Å²) in [6.45, 7) is 15.2. The smallest absolute Gasteiger partial charge is 0.371 e. The second-order valence-electron chi connectivity index (χ2n) is 9.50. The van der Waals surface area contributed by atoms with Gasteiger partial charge in [-0.1, -0.05) is 117 Å². The number of hydrogen-bond acceptors (Lipinski definition) is 3. The van der Waals surface area contributed by atoms with E-state index >= 15 is 0 Å². The minimum Gasteiger partial charge on any atom is -0.393 e. The van der Waals surface area contributed by atoms with Crippen molar-refractivity contribution in [3.63, 3.8) is 0 Å². The van der Waals surface area contributed by atoms with Gasteiger partial charge < -0.3 is 13.6 Å². The predicted molar refractivity (Wildman–Crippen MR) is 144 cm³/mol. The van der Waals surface area contributed by atoms with E-state index in [0.717, 1.165) is 38.7 Å². The van der Waals surface area contributed by atoms with E-state index in [1.165, 1.54) is 96.3 Å². The van der Waals surface area contributed by atoms with Crippen molar-refractivity contribution < 1.29 is 13.6 Å². The average Bonchev–Trinajstić information content (AvgIpc) is 2.80. The van der Waals surface area contributed by atoms with Gasteiger partial charge in [0.2, 0.25) is 0 Å². The summed E-state index contributed by atoms with van der Waals surface area (Å²) in [7, 11) is -2.21. The topological polar surface area (TPSA) is 27.7 Å². The Hall–Kier alpha value is 0.0969. The zero-order valence-electron chi connectivity index (χ0n) is 23.1. The van der Waals surface area contributed by atoms with Crippen LogP contribution < -0.4 is 0 Å². The van der Waals surface area contributed by atoms with Crippen molar-refractivity contribution in [2.75, 3.05) is 19.8 Å². The maximum atomic E-state index is 6.16. The molecule has 1 heterocycles. The van der Waals surface area contributed by atoms with Gasteiger partial charge in [0.1, 0.15) is 5.22 Å². The van der Waals surface area contributed by atoms with Crippen LogP contribution in [0.5, 0.6) is 0 Å². The van der Waals surface area contributed by atoms with Gasteiger partial charge in [-0.3, -0.25) is 0 Å². The first kappa shape index (κ1) is 32.1. The third kappa shape index (κ3) is 12.5. The van der Waals surface area contributed by atoms with Crippen LogP contribution in [-0.4, -0.2) is 33.6 Å². The van der Waals surface area contributed by atoms with Crippen LogP contribution in [0.3, 0.4) is 0 Å². The number of rotatable bonds is 19. The maximum Gasteiger partial charge on any atom is 0.371 e. The van der Waals surface area contributed by atoms with Gasteiger partial charge in [0.15, 0.2) is 0 Å². The van der Waals surface area contributed by atoms with Crippen molar-refractivity contribution in [1.82, 2.24) is 0 Å². The van der Waals surface area contributed by atoms with Gasteiger partial charge in [-0.05, 0) is 39.7 Å². The Morgan fingerprint density at radius 2 is 1.00 bits per heavy atom. The second kappa shape index (κ2) is 21.6. The Bertz CT molecular complexity index is 363. The van der Waals surface area contributed by atoms with Gasteiger partial charge in [-0.2, -0.15) is 0 Å². The summed E-state index contributed by atoms with van der Waals surface area (Å²) in [5.41, 5.74) is 0. The number of hydrogen-bond donors (Lipinski definition) is 0. The van der Waals surface area contributed by atoms with Crippen LogP contribution in [0.15, 0.2) is 0 Å². The maximum absolute atomic E-state index is 6.16. The molecule has 3 nitrogen and oxygen atoms in total. The molecule has 1 aliphatic rings. The SMILES string of the molecule is CCCCCCCCCCCCCCC.CCOC1(CC)CCCC[Si]1(OCC)OCC. The van der Waals surface area contributed by atoms with Crippen LogP contribution in [0.2, 0.25) is 6.04 Å². The Labute approximate surface area is 204 Å². The molecule has 1 aliphatic heterocycles. The third-order valence-electron chi connectivity index (χ3n) is 6.98. The normalized spacial score (nSPS) is 20.1. The minimum absolute atomic E-state index is 0.119. The summed E-state index contributed by atoms with van der Waals surface area (Å²) < 4.78 is 18.5. The quantitative estimate of drug-likeness (QED) is 0.138. The van der Waals surface area contributed by atoms with Gasteiger partial charge >= 0.3 is 8.56 Å². The van der Waals surface area contributed by atoms with Crippen molar-refractivity contribution in [3.05, 3.63) is 0 Å². The molecule has 194 valence electrons. The van der Waals surface area contributed by atoms with Crippen molar-refractivity contribution in [2.24, 2.45) is 0 Å². The van der Waals surface area contributed by atoms with Crippen molar-refractivity contribution in [1.29, 1.82) is 0 Å². The summed E-state index contributed by atoms with van der Waals surface area (Å²) >= 11 is 0. The molecule has 0 aromatic carbocycles. The molecule has 0 radical (unpaired) electrons. The highest BCUT2D eigenvalue weighted by Crippen LogP contribution is 2.43. The third-order valence-corrected chi connectivity index (χ3v) is 11.6. The highest BCUT2D eigenvalue weighted by molar-refractivity contribution is 6.70. The fourth-order valence-electron chi connectivity index (χ4n) is 5.20. The lowest BCUT2D eigenvalue weighted by atomic mass is 10.1.